The Kier molecular flexibility index (Phi) is 6.42. The number of piperidine rings is 1. The standard InChI is InChI=1S/C26H35N3O2/c1-2-15-27-25(6-1)28-20-26(13-18-30-19-14-26)21-7-9-23(10-8-21)31-24-11-16-29(17-12-24)22-4-3-5-22/h1-2,6-10,15,22,24H,3-5,11-14,16-20H2,(H,27,28). The number of nitrogens with zero attached hydrogens (tertiary/aromatic N) is 2. The SMILES string of the molecule is c1ccc(NCC2(c3ccc(OC4CCN(C5CCC5)CC4)cc3)CCOCC2)nc1. The van der Waals surface area contributed by atoms with Crippen LogP contribution in [0.4, 0.5) is 5.82 Å². The number of aromatic nitrogens is 1. The maximum absolute atomic E-state index is 6.36. The van der Waals surface area contributed by atoms with Crippen molar-refractivity contribution in [2.24, 2.45) is 0 Å². The first-order valence-electron chi connectivity index (χ1n) is 12.0. The van der Waals surface area contributed by atoms with Gasteiger partial charge in [0.15, 0.2) is 0 Å². The van der Waals surface area contributed by atoms with E-state index in [1.165, 1.54) is 37.9 Å². The minimum Gasteiger partial charge on any atom is -0.490 e. The van der Waals surface area contributed by atoms with Crippen LogP contribution in [0.15, 0.2) is 48.7 Å². The summed E-state index contributed by atoms with van der Waals surface area (Å²) < 4.78 is 12.1. The Morgan fingerprint density at radius 1 is 1.00 bits per heavy atom. The number of nitrogens with one attached hydrogen (secondary N) is 1. The predicted octanol–water partition coefficient (Wildman–Crippen LogP) is 4.64. The lowest BCUT2D eigenvalue weighted by Crippen LogP contribution is -2.46. The van der Waals surface area contributed by atoms with Crippen LogP contribution >= 0.6 is 0 Å². The smallest absolute Gasteiger partial charge is 0.125 e. The van der Waals surface area contributed by atoms with Gasteiger partial charge in [0.2, 0.25) is 0 Å². The maximum atomic E-state index is 6.36. The van der Waals surface area contributed by atoms with E-state index in [1.807, 2.05) is 24.4 Å². The van der Waals surface area contributed by atoms with Gasteiger partial charge in [-0.05, 0) is 68.4 Å². The molecule has 31 heavy (non-hydrogen) atoms. The second-order valence-corrected chi connectivity index (χ2v) is 9.42. The highest BCUT2D eigenvalue weighted by Crippen LogP contribution is 2.36. The van der Waals surface area contributed by atoms with E-state index in [0.29, 0.717) is 6.10 Å². The lowest BCUT2D eigenvalue weighted by molar-refractivity contribution is 0.0491. The molecule has 0 atom stereocenters. The average Bonchev–Trinajstić information content (AvgIpc) is 2.80. The van der Waals surface area contributed by atoms with E-state index < -0.39 is 0 Å². The van der Waals surface area contributed by atoms with Crippen LogP contribution in [-0.4, -0.2) is 54.9 Å². The van der Waals surface area contributed by atoms with E-state index in [9.17, 15) is 0 Å². The molecule has 2 aliphatic heterocycles. The fourth-order valence-electron chi connectivity index (χ4n) is 5.25. The Labute approximate surface area is 186 Å². The lowest BCUT2D eigenvalue weighted by Gasteiger charge is -2.41. The van der Waals surface area contributed by atoms with Gasteiger partial charge in [0.1, 0.15) is 17.7 Å². The van der Waals surface area contributed by atoms with Gasteiger partial charge < -0.3 is 19.7 Å². The second kappa shape index (κ2) is 9.58. The van der Waals surface area contributed by atoms with E-state index in [1.54, 1.807) is 0 Å². The Hall–Kier alpha value is -2.11. The molecule has 5 nitrogen and oxygen atoms in total. The minimum atomic E-state index is 0.0718. The largest absolute Gasteiger partial charge is 0.490 e. The van der Waals surface area contributed by atoms with Crippen LogP contribution < -0.4 is 10.1 Å². The number of hydrogen-bond donors (Lipinski definition) is 1. The number of anilines is 1. The van der Waals surface area contributed by atoms with Crippen LogP contribution in [0.2, 0.25) is 0 Å². The highest BCUT2D eigenvalue weighted by atomic mass is 16.5. The number of hydrogen-bond acceptors (Lipinski definition) is 5. The van der Waals surface area contributed by atoms with Crippen molar-refractivity contribution >= 4 is 5.82 Å². The molecule has 1 saturated carbocycles. The molecule has 5 heteroatoms. The Bertz CT molecular complexity index is 808. The molecule has 0 radical (unpaired) electrons. The summed E-state index contributed by atoms with van der Waals surface area (Å²) in [7, 11) is 0. The molecule has 3 fully saturated rings. The zero-order valence-corrected chi connectivity index (χ0v) is 18.5. The molecule has 0 amide bonds. The highest BCUT2D eigenvalue weighted by molar-refractivity contribution is 5.38. The third-order valence-corrected chi connectivity index (χ3v) is 7.56. The van der Waals surface area contributed by atoms with Crippen molar-refractivity contribution in [3.8, 4) is 5.75 Å². The molecule has 5 rings (SSSR count). The highest BCUT2D eigenvalue weighted by Gasteiger charge is 2.35. The van der Waals surface area contributed by atoms with E-state index in [0.717, 1.165) is 63.1 Å². The summed E-state index contributed by atoms with van der Waals surface area (Å²) >= 11 is 0. The molecule has 0 bridgehead atoms. The molecular formula is C26H35N3O2. The minimum absolute atomic E-state index is 0.0718. The molecule has 3 aliphatic rings. The normalized spacial score (nSPS) is 22.6. The van der Waals surface area contributed by atoms with Gasteiger partial charge in [-0.1, -0.05) is 24.6 Å². The lowest BCUT2D eigenvalue weighted by atomic mass is 9.74. The van der Waals surface area contributed by atoms with Crippen LogP contribution in [0.25, 0.3) is 0 Å². The van der Waals surface area contributed by atoms with E-state index in [4.69, 9.17) is 9.47 Å². The van der Waals surface area contributed by atoms with Crippen molar-refractivity contribution in [2.75, 3.05) is 38.2 Å². The van der Waals surface area contributed by atoms with Crippen molar-refractivity contribution in [1.29, 1.82) is 0 Å². The van der Waals surface area contributed by atoms with Crippen LogP contribution in [0.5, 0.6) is 5.75 Å². The van der Waals surface area contributed by atoms with Crippen molar-refractivity contribution in [2.45, 2.75) is 62.5 Å². The molecule has 1 aromatic heterocycles. The molecule has 2 saturated heterocycles. The molecule has 0 unspecified atom stereocenters. The molecule has 1 aliphatic carbocycles. The number of pyridine rings is 1. The van der Waals surface area contributed by atoms with Crippen LogP contribution in [0, 0.1) is 0 Å². The van der Waals surface area contributed by atoms with Gasteiger partial charge in [0, 0.05) is 50.5 Å². The molecule has 1 aromatic carbocycles. The number of benzene rings is 1. The summed E-state index contributed by atoms with van der Waals surface area (Å²) in [6.07, 6.45) is 10.7. The zero-order valence-electron chi connectivity index (χ0n) is 18.5. The van der Waals surface area contributed by atoms with Gasteiger partial charge in [0.05, 0.1) is 0 Å². The Morgan fingerprint density at radius 2 is 1.77 bits per heavy atom. The third kappa shape index (κ3) is 4.88. The fraction of sp³-hybridized carbons (Fsp3) is 0.577. The molecule has 3 heterocycles. The van der Waals surface area contributed by atoms with E-state index in [-0.39, 0.29) is 5.41 Å². The predicted molar refractivity (Wildman–Crippen MR) is 124 cm³/mol. The molecule has 166 valence electrons. The number of likely N-dealkylation sites (tertiary alicyclic amines) is 1. The van der Waals surface area contributed by atoms with Gasteiger partial charge >= 0.3 is 0 Å². The van der Waals surface area contributed by atoms with Gasteiger partial charge in [-0.15, -0.1) is 0 Å². The van der Waals surface area contributed by atoms with E-state index in [2.05, 4.69) is 39.5 Å². The number of ether oxygens (including phenoxy) is 2. The summed E-state index contributed by atoms with van der Waals surface area (Å²) in [6, 6.07) is 15.7. The summed E-state index contributed by atoms with van der Waals surface area (Å²) in [5, 5.41) is 3.55. The number of rotatable bonds is 7. The molecule has 2 aromatic rings. The van der Waals surface area contributed by atoms with Crippen LogP contribution in [-0.2, 0) is 10.2 Å². The maximum Gasteiger partial charge on any atom is 0.125 e. The van der Waals surface area contributed by atoms with Crippen molar-refractivity contribution in [3.05, 3.63) is 54.2 Å². The average molecular weight is 422 g/mol. The first-order valence-corrected chi connectivity index (χ1v) is 12.0. The van der Waals surface area contributed by atoms with Crippen LogP contribution in [0.1, 0.15) is 50.5 Å². The summed E-state index contributed by atoms with van der Waals surface area (Å²) in [6.45, 7) is 4.86. The van der Waals surface area contributed by atoms with Gasteiger partial charge in [-0.2, -0.15) is 0 Å². The third-order valence-electron chi connectivity index (χ3n) is 7.56. The Balaban J connectivity index is 1.20. The van der Waals surface area contributed by atoms with Crippen molar-refractivity contribution < 1.29 is 9.47 Å². The van der Waals surface area contributed by atoms with E-state index >= 15 is 0 Å². The molecule has 0 spiro atoms. The Morgan fingerprint density at radius 3 is 2.42 bits per heavy atom. The summed E-state index contributed by atoms with van der Waals surface area (Å²) in [5.41, 5.74) is 1.44. The molecule has 1 N–H and O–H groups in total. The van der Waals surface area contributed by atoms with Crippen molar-refractivity contribution in [1.82, 2.24) is 9.88 Å². The first-order chi connectivity index (χ1) is 15.3. The van der Waals surface area contributed by atoms with Gasteiger partial charge in [0.25, 0.3) is 0 Å². The zero-order chi connectivity index (χ0) is 20.9. The monoisotopic (exact) mass is 421 g/mol. The van der Waals surface area contributed by atoms with Crippen molar-refractivity contribution in [3.63, 3.8) is 0 Å². The second-order valence-electron chi connectivity index (χ2n) is 9.42. The fourth-order valence-corrected chi connectivity index (χ4v) is 5.25. The quantitative estimate of drug-likeness (QED) is 0.706. The summed E-state index contributed by atoms with van der Waals surface area (Å²) in [5.74, 6) is 1.94. The van der Waals surface area contributed by atoms with Gasteiger partial charge in [-0.25, -0.2) is 4.98 Å². The molecular weight excluding hydrogens is 386 g/mol. The topological polar surface area (TPSA) is 46.6 Å². The van der Waals surface area contributed by atoms with Crippen LogP contribution in [0.3, 0.4) is 0 Å². The summed E-state index contributed by atoms with van der Waals surface area (Å²) in [4.78, 5) is 7.10. The first kappa shape index (κ1) is 20.8. The van der Waals surface area contributed by atoms with Gasteiger partial charge in [-0.3, -0.25) is 0 Å².